The zero-order chi connectivity index (χ0) is 8.91. The van der Waals surface area contributed by atoms with E-state index in [4.69, 9.17) is 4.74 Å². The summed E-state index contributed by atoms with van der Waals surface area (Å²) in [4.78, 5) is 0. The lowest BCUT2D eigenvalue weighted by molar-refractivity contribution is 0.137. The number of thiol groups is 1. The topological polar surface area (TPSA) is 9.23 Å². The van der Waals surface area contributed by atoms with Gasteiger partial charge in [-0.3, -0.25) is 0 Å². The lowest BCUT2D eigenvalue weighted by Crippen LogP contribution is -2.18. The van der Waals surface area contributed by atoms with Gasteiger partial charge < -0.3 is 4.74 Å². The van der Waals surface area contributed by atoms with E-state index < -0.39 is 0 Å². The minimum atomic E-state index is 0.395. The highest BCUT2D eigenvalue weighted by Crippen LogP contribution is 2.24. The maximum atomic E-state index is 5.09. The number of hydrogen-bond acceptors (Lipinski definition) is 2. The second kappa shape index (κ2) is 5.04. The van der Waals surface area contributed by atoms with Gasteiger partial charge in [0.15, 0.2) is 0 Å². The molecule has 0 radical (unpaired) electrons. The van der Waals surface area contributed by atoms with Gasteiger partial charge in [0.1, 0.15) is 0 Å². The first-order valence-corrected chi connectivity index (χ1v) is 4.72. The van der Waals surface area contributed by atoms with E-state index in [1.54, 1.807) is 7.11 Å². The zero-order valence-electron chi connectivity index (χ0n) is 8.05. The van der Waals surface area contributed by atoms with Crippen LogP contribution in [-0.4, -0.2) is 19.5 Å². The molecule has 0 fully saturated rings. The molecule has 0 aromatic carbocycles. The molecule has 0 saturated carbocycles. The third-order valence-corrected chi connectivity index (χ3v) is 2.08. The fourth-order valence-electron chi connectivity index (χ4n) is 1.28. The van der Waals surface area contributed by atoms with E-state index >= 15 is 0 Å². The Morgan fingerprint density at radius 2 is 1.91 bits per heavy atom. The standard InChI is InChI=1S/C9H20OS/c1-9(2,3)5-8(7-11)6-10-4/h8,11H,5-7H2,1-4H3. The van der Waals surface area contributed by atoms with Crippen LogP contribution in [0, 0.1) is 11.3 Å². The van der Waals surface area contributed by atoms with E-state index in [9.17, 15) is 0 Å². The Labute approximate surface area is 75.9 Å². The summed E-state index contributed by atoms with van der Waals surface area (Å²) >= 11 is 4.28. The Morgan fingerprint density at radius 1 is 1.36 bits per heavy atom. The predicted octanol–water partition coefficient (Wildman–Crippen LogP) is 2.62. The second-order valence-electron chi connectivity index (χ2n) is 4.27. The van der Waals surface area contributed by atoms with E-state index in [1.807, 2.05) is 0 Å². The highest BCUT2D eigenvalue weighted by atomic mass is 32.1. The molecule has 0 heterocycles. The largest absolute Gasteiger partial charge is 0.384 e. The van der Waals surface area contributed by atoms with E-state index in [1.165, 1.54) is 6.42 Å². The van der Waals surface area contributed by atoms with Crippen LogP contribution in [-0.2, 0) is 4.74 Å². The third kappa shape index (κ3) is 6.70. The Hall–Kier alpha value is 0.310. The zero-order valence-corrected chi connectivity index (χ0v) is 8.95. The molecule has 1 unspecified atom stereocenters. The predicted molar refractivity (Wildman–Crippen MR) is 53.3 cm³/mol. The molecule has 0 spiro atoms. The molecule has 0 saturated heterocycles. The Bertz CT molecular complexity index is 96.2. The van der Waals surface area contributed by atoms with Crippen LogP contribution < -0.4 is 0 Å². The molecule has 0 aromatic rings. The molecule has 0 aromatic heterocycles. The third-order valence-electron chi connectivity index (χ3n) is 1.56. The van der Waals surface area contributed by atoms with Crippen molar-refractivity contribution in [3.8, 4) is 0 Å². The molecule has 2 heteroatoms. The van der Waals surface area contributed by atoms with Gasteiger partial charge in [0.05, 0.1) is 0 Å². The Morgan fingerprint density at radius 3 is 2.18 bits per heavy atom. The van der Waals surface area contributed by atoms with Crippen LogP contribution in [0.15, 0.2) is 0 Å². The fraction of sp³-hybridized carbons (Fsp3) is 1.00. The molecule has 68 valence electrons. The van der Waals surface area contributed by atoms with Crippen molar-refractivity contribution in [2.24, 2.45) is 11.3 Å². The van der Waals surface area contributed by atoms with Gasteiger partial charge in [-0.15, -0.1) is 0 Å². The van der Waals surface area contributed by atoms with Crippen molar-refractivity contribution in [2.75, 3.05) is 19.5 Å². The van der Waals surface area contributed by atoms with Gasteiger partial charge in [-0.2, -0.15) is 12.6 Å². The first-order valence-electron chi connectivity index (χ1n) is 4.09. The summed E-state index contributed by atoms with van der Waals surface area (Å²) in [6.07, 6.45) is 1.18. The SMILES string of the molecule is COCC(CS)CC(C)(C)C. The molecular formula is C9H20OS. The van der Waals surface area contributed by atoms with Crippen molar-refractivity contribution < 1.29 is 4.74 Å². The average Bonchev–Trinajstić information content (AvgIpc) is 1.84. The van der Waals surface area contributed by atoms with Gasteiger partial charge in [-0.05, 0) is 23.5 Å². The molecule has 0 bridgehead atoms. The number of ether oxygens (including phenoxy) is 1. The smallest absolute Gasteiger partial charge is 0.0498 e. The van der Waals surface area contributed by atoms with Gasteiger partial charge in [0.25, 0.3) is 0 Å². The lowest BCUT2D eigenvalue weighted by Gasteiger charge is -2.24. The summed E-state index contributed by atoms with van der Waals surface area (Å²) in [5.74, 6) is 1.52. The van der Waals surface area contributed by atoms with E-state index in [0.717, 1.165) is 12.4 Å². The van der Waals surface area contributed by atoms with Crippen LogP contribution in [0.1, 0.15) is 27.2 Å². The normalized spacial score (nSPS) is 15.0. The van der Waals surface area contributed by atoms with Crippen molar-refractivity contribution in [3.63, 3.8) is 0 Å². The molecule has 1 nitrogen and oxygen atoms in total. The first-order chi connectivity index (χ1) is 4.99. The van der Waals surface area contributed by atoms with Crippen molar-refractivity contribution in [2.45, 2.75) is 27.2 Å². The second-order valence-corrected chi connectivity index (χ2v) is 4.63. The first kappa shape index (κ1) is 11.3. The molecule has 0 aliphatic carbocycles. The average molecular weight is 176 g/mol. The van der Waals surface area contributed by atoms with Crippen molar-refractivity contribution >= 4 is 12.6 Å². The number of methoxy groups -OCH3 is 1. The lowest BCUT2D eigenvalue weighted by atomic mass is 9.86. The minimum Gasteiger partial charge on any atom is -0.384 e. The van der Waals surface area contributed by atoms with E-state index in [2.05, 4.69) is 33.4 Å². The van der Waals surface area contributed by atoms with Crippen molar-refractivity contribution in [1.82, 2.24) is 0 Å². The summed E-state index contributed by atoms with van der Waals surface area (Å²) in [6, 6.07) is 0. The molecule has 0 aliphatic heterocycles. The Balaban J connectivity index is 3.68. The molecule has 11 heavy (non-hydrogen) atoms. The fourth-order valence-corrected chi connectivity index (χ4v) is 1.51. The van der Waals surface area contributed by atoms with Crippen LogP contribution in [0.2, 0.25) is 0 Å². The summed E-state index contributed by atoms with van der Waals surface area (Å²) < 4.78 is 5.09. The van der Waals surface area contributed by atoms with E-state index in [0.29, 0.717) is 11.3 Å². The molecule has 0 aliphatic rings. The van der Waals surface area contributed by atoms with E-state index in [-0.39, 0.29) is 0 Å². The van der Waals surface area contributed by atoms with Crippen molar-refractivity contribution in [1.29, 1.82) is 0 Å². The maximum Gasteiger partial charge on any atom is 0.0498 e. The molecule has 0 N–H and O–H groups in total. The summed E-state index contributed by atoms with van der Waals surface area (Å²) in [5, 5.41) is 0. The van der Waals surface area contributed by atoms with Crippen LogP contribution in [0.4, 0.5) is 0 Å². The van der Waals surface area contributed by atoms with Gasteiger partial charge >= 0.3 is 0 Å². The van der Waals surface area contributed by atoms with Crippen LogP contribution >= 0.6 is 12.6 Å². The maximum absolute atomic E-state index is 5.09. The highest BCUT2D eigenvalue weighted by Gasteiger charge is 2.17. The molecule has 0 amide bonds. The van der Waals surface area contributed by atoms with Gasteiger partial charge in [0, 0.05) is 13.7 Å². The van der Waals surface area contributed by atoms with Crippen LogP contribution in [0.3, 0.4) is 0 Å². The summed E-state index contributed by atoms with van der Waals surface area (Å²) in [7, 11) is 1.75. The summed E-state index contributed by atoms with van der Waals surface area (Å²) in [6.45, 7) is 7.58. The van der Waals surface area contributed by atoms with Crippen LogP contribution in [0.5, 0.6) is 0 Å². The monoisotopic (exact) mass is 176 g/mol. The van der Waals surface area contributed by atoms with Crippen molar-refractivity contribution in [3.05, 3.63) is 0 Å². The summed E-state index contributed by atoms with van der Waals surface area (Å²) in [5.41, 5.74) is 0.395. The quantitative estimate of drug-likeness (QED) is 0.648. The van der Waals surface area contributed by atoms with Crippen LogP contribution in [0.25, 0.3) is 0 Å². The Kier molecular flexibility index (Phi) is 5.19. The van der Waals surface area contributed by atoms with Gasteiger partial charge in [-0.1, -0.05) is 20.8 Å². The highest BCUT2D eigenvalue weighted by molar-refractivity contribution is 7.80. The minimum absolute atomic E-state index is 0.395. The molecular weight excluding hydrogens is 156 g/mol. The molecule has 0 rings (SSSR count). The molecule has 1 atom stereocenters. The van der Waals surface area contributed by atoms with Gasteiger partial charge in [0.2, 0.25) is 0 Å². The van der Waals surface area contributed by atoms with Gasteiger partial charge in [-0.25, -0.2) is 0 Å². The number of hydrogen-bond donors (Lipinski definition) is 1. The number of rotatable bonds is 4.